The molecule has 0 radical (unpaired) electrons. The van der Waals surface area contributed by atoms with Gasteiger partial charge in [-0.05, 0) is 36.4 Å². The lowest BCUT2D eigenvalue weighted by molar-refractivity contribution is -0.274. The van der Waals surface area contributed by atoms with Crippen molar-refractivity contribution in [1.82, 2.24) is 14.8 Å². The SMILES string of the molecule is O=C(CSc1ncn(-c2ccccc2)n1)Nc1ccc(OC(F)(F)F)cc1. The first-order valence-corrected chi connectivity index (χ1v) is 8.63. The Morgan fingerprint density at radius 2 is 1.81 bits per heavy atom. The lowest BCUT2D eigenvalue weighted by Gasteiger charge is -2.09. The van der Waals surface area contributed by atoms with Gasteiger partial charge in [-0.3, -0.25) is 4.79 Å². The molecule has 1 aromatic heterocycles. The summed E-state index contributed by atoms with van der Waals surface area (Å²) in [6.07, 6.45) is -3.20. The second-order valence-electron chi connectivity index (χ2n) is 5.22. The fourth-order valence-electron chi connectivity index (χ4n) is 2.09. The smallest absolute Gasteiger partial charge is 0.406 e. The predicted octanol–water partition coefficient (Wildman–Crippen LogP) is 3.90. The van der Waals surface area contributed by atoms with Crippen LogP contribution in [0, 0.1) is 0 Å². The fourth-order valence-corrected chi connectivity index (χ4v) is 2.69. The van der Waals surface area contributed by atoms with Crippen LogP contribution in [0.1, 0.15) is 0 Å². The zero-order valence-electron chi connectivity index (χ0n) is 13.7. The highest BCUT2D eigenvalue weighted by Gasteiger charge is 2.30. The molecule has 0 aliphatic heterocycles. The number of para-hydroxylation sites is 1. The monoisotopic (exact) mass is 394 g/mol. The molecule has 1 heterocycles. The first kappa shape index (κ1) is 18.8. The quantitative estimate of drug-likeness (QED) is 0.643. The van der Waals surface area contributed by atoms with Crippen LogP contribution < -0.4 is 10.1 Å². The fraction of sp³-hybridized carbons (Fsp3) is 0.118. The Morgan fingerprint density at radius 1 is 1.11 bits per heavy atom. The Labute approximate surface area is 156 Å². The minimum Gasteiger partial charge on any atom is -0.406 e. The van der Waals surface area contributed by atoms with E-state index in [0.717, 1.165) is 29.6 Å². The van der Waals surface area contributed by atoms with Gasteiger partial charge in [0.05, 0.1) is 11.4 Å². The molecule has 10 heteroatoms. The van der Waals surface area contributed by atoms with Crippen molar-refractivity contribution in [2.75, 3.05) is 11.1 Å². The molecule has 0 unspecified atom stereocenters. The number of alkyl halides is 3. The average molecular weight is 394 g/mol. The molecule has 0 saturated heterocycles. The minimum absolute atomic E-state index is 0.0552. The Bertz CT molecular complexity index is 899. The van der Waals surface area contributed by atoms with Gasteiger partial charge in [0.2, 0.25) is 11.1 Å². The number of ether oxygens (including phenoxy) is 1. The van der Waals surface area contributed by atoms with Crippen LogP contribution in [-0.4, -0.2) is 32.8 Å². The molecule has 0 fully saturated rings. The molecule has 0 saturated carbocycles. The van der Waals surface area contributed by atoms with Crippen molar-refractivity contribution in [2.45, 2.75) is 11.5 Å². The van der Waals surface area contributed by atoms with Crippen molar-refractivity contribution in [3.63, 3.8) is 0 Å². The van der Waals surface area contributed by atoms with Gasteiger partial charge in [0.15, 0.2) is 0 Å². The number of anilines is 1. The van der Waals surface area contributed by atoms with Crippen LogP contribution in [0.15, 0.2) is 66.1 Å². The molecule has 0 spiro atoms. The molecule has 1 N–H and O–H groups in total. The van der Waals surface area contributed by atoms with Gasteiger partial charge in [-0.15, -0.1) is 18.3 Å². The average Bonchev–Trinajstić information content (AvgIpc) is 3.10. The zero-order valence-corrected chi connectivity index (χ0v) is 14.5. The van der Waals surface area contributed by atoms with Crippen molar-refractivity contribution in [1.29, 1.82) is 0 Å². The number of carbonyl (C=O) groups is 1. The highest BCUT2D eigenvalue weighted by molar-refractivity contribution is 7.99. The van der Waals surface area contributed by atoms with Crippen LogP contribution in [0.3, 0.4) is 0 Å². The lowest BCUT2D eigenvalue weighted by atomic mass is 10.3. The van der Waals surface area contributed by atoms with Crippen LogP contribution in [0.4, 0.5) is 18.9 Å². The van der Waals surface area contributed by atoms with Crippen LogP contribution >= 0.6 is 11.8 Å². The van der Waals surface area contributed by atoms with E-state index in [1.165, 1.54) is 12.1 Å². The molecule has 0 bridgehead atoms. The number of aromatic nitrogens is 3. The van der Waals surface area contributed by atoms with E-state index in [2.05, 4.69) is 20.1 Å². The number of benzene rings is 2. The number of nitrogens with zero attached hydrogens (tertiary/aromatic N) is 3. The van der Waals surface area contributed by atoms with Crippen LogP contribution in [-0.2, 0) is 4.79 Å². The third-order valence-electron chi connectivity index (χ3n) is 3.20. The molecule has 140 valence electrons. The molecule has 2 aromatic carbocycles. The summed E-state index contributed by atoms with van der Waals surface area (Å²) in [7, 11) is 0. The number of nitrogens with one attached hydrogen (secondary N) is 1. The number of carbonyl (C=O) groups excluding carboxylic acids is 1. The van der Waals surface area contributed by atoms with Gasteiger partial charge in [0, 0.05) is 5.69 Å². The zero-order chi connectivity index (χ0) is 19.3. The Hall–Kier alpha value is -3.01. The highest BCUT2D eigenvalue weighted by Crippen LogP contribution is 2.24. The third-order valence-corrected chi connectivity index (χ3v) is 4.05. The normalized spacial score (nSPS) is 11.2. The first-order chi connectivity index (χ1) is 12.9. The maximum atomic E-state index is 12.1. The van der Waals surface area contributed by atoms with E-state index < -0.39 is 6.36 Å². The predicted molar refractivity (Wildman–Crippen MR) is 93.8 cm³/mol. The molecule has 0 aliphatic carbocycles. The van der Waals surface area contributed by atoms with Gasteiger partial charge < -0.3 is 10.1 Å². The molecule has 0 atom stereocenters. The maximum absolute atomic E-state index is 12.1. The second-order valence-corrected chi connectivity index (χ2v) is 6.16. The lowest BCUT2D eigenvalue weighted by Crippen LogP contribution is -2.17. The van der Waals surface area contributed by atoms with Crippen LogP contribution in [0.2, 0.25) is 0 Å². The van der Waals surface area contributed by atoms with E-state index in [0.29, 0.717) is 10.8 Å². The highest BCUT2D eigenvalue weighted by atomic mass is 32.2. The summed E-state index contributed by atoms with van der Waals surface area (Å²) >= 11 is 1.15. The topological polar surface area (TPSA) is 69.0 Å². The molecule has 0 aliphatic rings. The van der Waals surface area contributed by atoms with Gasteiger partial charge in [-0.2, -0.15) is 0 Å². The standard InChI is InChI=1S/C17H13F3N4O2S/c18-17(19,20)26-14-8-6-12(7-9-14)22-15(25)10-27-16-21-11-24(23-16)13-4-2-1-3-5-13/h1-9,11H,10H2,(H,22,25). The van der Waals surface area contributed by atoms with Gasteiger partial charge in [0.25, 0.3) is 0 Å². The van der Waals surface area contributed by atoms with Crippen molar-refractivity contribution >= 4 is 23.4 Å². The van der Waals surface area contributed by atoms with E-state index in [-0.39, 0.29) is 17.4 Å². The summed E-state index contributed by atoms with van der Waals surface area (Å²) in [5, 5.41) is 7.29. The summed E-state index contributed by atoms with van der Waals surface area (Å²) in [4.78, 5) is 16.1. The van der Waals surface area contributed by atoms with E-state index in [1.807, 2.05) is 30.3 Å². The molecule has 1 amide bonds. The summed E-state index contributed by atoms with van der Waals surface area (Å²) in [6.45, 7) is 0. The van der Waals surface area contributed by atoms with E-state index in [4.69, 9.17) is 0 Å². The molecule has 3 aromatic rings. The molecule has 3 rings (SSSR count). The van der Waals surface area contributed by atoms with Crippen molar-refractivity contribution in [3.8, 4) is 11.4 Å². The van der Waals surface area contributed by atoms with E-state index >= 15 is 0 Å². The third kappa shape index (κ3) is 5.74. The Morgan fingerprint density at radius 3 is 2.48 bits per heavy atom. The number of amides is 1. The molecular formula is C17H13F3N4O2S. The second kappa shape index (κ2) is 8.12. The number of rotatable bonds is 6. The van der Waals surface area contributed by atoms with Crippen molar-refractivity contribution in [3.05, 3.63) is 60.9 Å². The summed E-state index contributed by atoms with van der Waals surface area (Å²) in [5.74, 6) is -0.634. The number of thioether (sulfide) groups is 1. The minimum atomic E-state index is -4.75. The van der Waals surface area contributed by atoms with Crippen molar-refractivity contribution < 1.29 is 22.7 Å². The summed E-state index contributed by atoms with van der Waals surface area (Å²) in [5.41, 5.74) is 1.21. The maximum Gasteiger partial charge on any atom is 0.573 e. The molecule has 6 nitrogen and oxygen atoms in total. The summed E-state index contributed by atoms with van der Waals surface area (Å²) < 4.78 is 41.7. The largest absolute Gasteiger partial charge is 0.573 e. The Kier molecular flexibility index (Phi) is 5.65. The summed E-state index contributed by atoms with van der Waals surface area (Å²) in [6, 6.07) is 14.3. The van der Waals surface area contributed by atoms with Crippen molar-refractivity contribution in [2.24, 2.45) is 0 Å². The first-order valence-electron chi connectivity index (χ1n) is 7.64. The molecule has 27 heavy (non-hydrogen) atoms. The van der Waals surface area contributed by atoms with E-state index in [9.17, 15) is 18.0 Å². The van der Waals surface area contributed by atoms with Gasteiger partial charge in [0.1, 0.15) is 12.1 Å². The molecular weight excluding hydrogens is 381 g/mol. The van der Waals surface area contributed by atoms with Gasteiger partial charge >= 0.3 is 6.36 Å². The van der Waals surface area contributed by atoms with Gasteiger partial charge in [-0.25, -0.2) is 9.67 Å². The van der Waals surface area contributed by atoms with Crippen LogP contribution in [0.5, 0.6) is 5.75 Å². The number of hydrogen-bond acceptors (Lipinski definition) is 5. The number of halogens is 3. The van der Waals surface area contributed by atoms with Crippen LogP contribution in [0.25, 0.3) is 5.69 Å². The van der Waals surface area contributed by atoms with E-state index in [1.54, 1.807) is 11.0 Å². The van der Waals surface area contributed by atoms with Gasteiger partial charge in [-0.1, -0.05) is 30.0 Å². The number of hydrogen-bond donors (Lipinski definition) is 1. The Balaban J connectivity index is 1.51.